The van der Waals surface area contributed by atoms with Gasteiger partial charge in [-0.3, -0.25) is 0 Å². The van der Waals surface area contributed by atoms with E-state index < -0.39 is 0 Å². The lowest BCUT2D eigenvalue weighted by atomic mass is 9.84. The van der Waals surface area contributed by atoms with Crippen LogP contribution in [-0.2, 0) is 0 Å². The highest BCUT2D eigenvalue weighted by Gasteiger charge is 2.22. The van der Waals surface area contributed by atoms with Crippen LogP contribution in [0.1, 0.15) is 70.4 Å². The van der Waals surface area contributed by atoms with E-state index in [1.54, 1.807) is 0 Å². The first-order valence-electron chi connectivity index (χ1n) is 8.22. The molecule has 20 heavy (non-hydrogen) atoms. The number of hydrogen-bond donors (Lipinski definition) is 1. The van der Waals surface area contributed by atoms with Crippen LogP contribution in [0.2, 0.25) is 5.02 Å². The van der Waals surface area contributed by atoms with E-state index >= 15 is 0 Å². The third-order valence-corrected chi connectivity index (χ3v) is 4.92. The lowest BCUT2D eigenvalue weighted by Gasteiger charge is -2.32. The van der Waals surface area contributed by atoms with Crippen molar-refractivity contribution in [1.29, 1.82) is 0 Å². The Balaban J connectivity index is 1.98. The van der Waals surface area contributed by atoms with E-state index in [2.05, 4.69) is 31.3 Å². The molecule has 1 N–H and O–H groups in total. The van der Waals surface area contributed by atoms with Gasteiger partial charge in [0.15, 0.2) is 0 Å². The molecule has 2 rings (SSSR count). The Kier molecular flexibility index (Phi) is 6.38. The molecule has 1 saturated carbocycles. The van der Waals surface area contributed by atoms with Gasteiger partial charge in [-0.05, 0) is 49.8 Å². The van der Waals surface area contributed by atoms with E-state index in [0.29, 0.717) is 12.1 Å². The molecule has 1 fully saturated rings. The highest BCUT2D eigenvalue weighted by Crippen LogP contribution is 2.29. The minimum Gasteiger partial charge on any atom is -0.307 e. The van der Waals surface area contributed by atoms with Crippen LogP contribution >= 0.6 is 11.6 Å². The summed E-state index contributed by atoms with van der Waals surface area (Å²) in [6, 6.07) is 9.43. The van der Waals surface area contributed by atoms with Crippen molar-refractivity contribution >= 4 is 11.6 Å². The van der Waals surface area contributed by atoms with Gasteiger partial charge in [-0.15, -0.1) is 0 Å². The molecular weight excluding hydrogens is 266 g/mol. The van der Waals surface area contributed by atoms with E-state index in [1.807, 2.05) is 12.1 Å². The van der Waals surface area contributed by atoms with Crippen LogP contribution in [0.15, 0.2) is 24.3 Å². The Morgan fingerprint density at radius 3 is 2.40 bits per heavy atom. The van der Waals surface area contributed by atoms with Gasteiger partial charge >= 0.3 is 0 Å². The van der Waals surface area contributed by atoms with Crippen LogP contribution in [0.4, 0.5) is 0 Å². The summed E-state index contributed by atoms with van der Waals surface area (Å²) in [5.74, 6) is 0.857. The van der Waals surface area contributed by atoms with Gasteiger partial charge in [0, 0.05) is 17.1 Å². The van der Waals surface area contributed by atoms with Crippen molar-refractivity contribution in [2.45, 2.75) is 70.9 Å². The van der Waals surface area contributed by atoms with E-state index in [4.69, 9.17) is 11.6 Å². The second-order valence-corrected chi connectivity index (χ2v) is 6.68. The summed E-state index contributed by atoms with van der Waals surface area (Å²) in [7, 11) is 0. The first-order chi connectivity index (χ1) is 9.70. The molecule has 2 heteroatoms. The normalized spacial score (nSPS) is 19.8. The quantitative estimate of drug-likeness (QED) is 0.705. The zero-order chi connectivity index (χ0) is 14.4. The van der Waals surface area contributed by atoms with Crippen LogP contribution in [0.25, 0.3) is 0 Å². The molecule has 1 nitrogen and oxygen atoms in total. The molecule has 1 aliphatic rings. The molecule has 0 aromatic heterocycles. The first kappa shape index (κ1) is 15.9. The number of benzene rings is 1. The van der Waals surface area contributed by atoms with Gasteiger partial charge < -0.3 is 5.32 Å². The van der Waals surface area contributed by atoms with Crippen LogP contribution in [-0.4, -0.2) is 6.04 Å². The summed E-state index contributed by atoms with van der Waals surface area (Å²) in [6.07, 6.45) is 9.45. The molecule has 0 heterocycles. The minimum absolute atomic E-state index is 0.467. The maximum Gasteiger partial charge on any atom is 0.0406 e. The molecule has 1 aliphatic carbocycles. The zero-order valence-corrected chi connectivity index (χ0v) is 13.6. The average molecular weight is 294 g/mol. The zero-order valence-electron chi connectivity index (χ0n) is 12.9. The van der Waals surface area contributed by atoms with E-state index in [-0.39, 0.29) is 0 Å². The van der Waals surface area contributed by atoms with Crippen molar-refractivity contribution in [2.24, 2.45) is 5.92 Å². The number of nitrogens with one attached hydrogen (secondary N) is 1. The molecule has 0 saturated heterocycles. The van der Waals surface area contributed by atoms with Crippen molar-refractivity contribution in [1.82, 2.24) is 5.32 Å². The Morgan fingerprint density at radius 1 is 1.15 bits per heavy atom. The summed E-state index contributed by atoms with van der Waals surface area (Å²) >= 11 is 6.00. The lowest BCUT2D eigenvalue weighted by molar-refractivity contribution is 0.260. The fraction of sp³-hybridized carbons (Fsp3) is 0.667. The van der Waals surface area contributed by atoms with Gasteiger partial charge in [0.25, 0.3) is 0 Å². The molecule has 0 radical (unpaired) electrons. The molecular formula is C18H28ClN. The van der Waals surface area contributed by atoms with Crippen LogP contribution in [0, 0.1) is 5.92 Å². The molecule has 0 spiro atoms. The third-order valence-electron chi connectivity index (χ3n) is 4.67. The van der Waals surface area contributed by atoms with Gasteiger partial charge in [0.1, 0.15) is 0 Å². The van der Waals surface area contributed by atoms with Gasteiger partial charge in [-0.25, -0.2) is 0 Å². The fourth-order valence-corrected chi connectivity index (χ4v) is 3.54. The molecule has 0 amide bonds. The van der Waals surface area contributed by atoms with E-state index in [0.717, 1.165) is 10.9 Å². The fourth-order valence-electron chi connectivity index (χ4n) is 3.42. The Hall–Kier alpha value is -0.530. The van der Waals surface area contributed by atoms with Crippen molar-refractivity contribution in [3.63, 3.8) is 0 Å². The molecule has 1 aromatic rings. The largest absolute Gasteiger partial charge is 0.307 e. The maximum absolute atomic E-state index is 6.00. The Bertz CT molecular complexity index is 381. The summed E-state index contributed by atoms with van der Waals surface area (Å²) in [5.41, 5.74) is 1.37. The number of rotatable bonds is 6. The summed E-state index contributed by atoms with van der Waals surface area (Å²) in [4.78, 5) is 0. The van der Waals surface area contributed by atoms with Crippen molar-refractivity contribution in [3.05, 3.63) is 34.9 Å². The topological polar surface area (TPSA) is 12.0 Å². The van der Waals surface area contributed by atoms with Crippen molar-refractivity contribution < 1.29 is 0 Å². The summed E-state index contributed by atoms with van der Waals surface area (Å²) in [5, 5.41) is 4.70. The van der Waals surface area contributed by atoms with Crippen LogP contribution < -0.4 is 5.32 Å². The molecule has 1 aromatic carbocycles. The molecule has 2 unspecified atom stereocenters. The predicted octanol–water partition coefficient (Wildman–Crippen LogP) is 5.74. The van der Waals surface area contributed by atoms with Crippen LogP contribution in [0.5, 0.6) is 0 Å². The second kappa shape index (κ2) is 8.05. The minimum atomic E-state index is 0.467. The molecule has 0 bridgehead atoms. The van der Waals surface area contributed by atoms with Gasteiger partial charge in [0.05, 0.1) is 0 Å². The highest BCUT2D eigenvalue weighted by atomic mass is 35.5. The molecule has 2 atom stereocenters. The SMILES string of the molecule is CCCC(NC(C)C1CCCCC1)c1ccc(Cl)cc1. The molecule has 112 valence electrons. The monoisotopic (exact) mass is 293 g/mol. The van der Waals surface area contributed by atoms with Crippen molar-refractivity contribution in [2.75, 3.05) is 0 Å². The first-order valence-corrected chi connectivity index (χ1v) is 8.60. The lowest BCUT2D eigenvalue weighted by Crippen LogP contribution is -2.37. The maximum atomic E-state index is 6.00. The standard InChI is InChI=1S/C18H28ClN/c1-3-7-18(16-10-12-17(19)13-11-16)20-14(2)15-8-5-4-6-9-15/h10-15,18,20H,3-9H2,1-2H3. The summed E-state index contributed by atoms with van der Waals surface area (Å²) in [6.45, 7) is 4.63. The molecule has 0 aliphatic heterocycles. The number of hydrogen-bond acceptors (Lipinski definition) is 1. The summed E-state index contributed by atoms with van der Waals surface area (Å²) < 4.78 is 0. The van der Waals surface area contributed by atoms with E-state index in [9.17, 15) is 0 Å². The van der Waals surface area contributed by atoms with E-state index in [1.165, 1.54) is 50.5 Å². The third kappa shape index (κ3) is 4.49. The number of halogens is 1. The highest BCUT2D eigenvalue weighted by molar-refractivity contribution is 6.30. The Labute approximate surface area is 129 Å². The average Bonchev–Trinajstić information content (AvgIpc) is 2.48. The van der Waals surface area contributed by atoms with Gasteiger partial charge in [-0.2, -0.15) is 0 Å². The van der Waals surface area contributed by atoms with Gasteiger partial charge in [0.2, 0.25) is 0 Å². The van der Waals surface area contributed by atoms with Crippen LogP contribution in [0.3, 0.4) is 0 Å². The van der Waals surface area contributed by atoms with Crippen molar-refractivity contribution in [3.8, 4) is 0 Å². The smallest absolute Gasteiger partial charge is 0.0406 e. The van der Waals surface area contributed by atoms with Gasteiger partial charge in [-0.1, -0.05) is 56.3 Å². The second-order valence-electron chi connectivity index (χ2n) is 6.25. The Morgan fingerprint density at radius 2 is 1.80 bits per heavy atom. The predicted molar refractivity (Wildman–Crippen MR) is 88.3 cm³/mol.